The number of pyridine rings is 1. The summed E-state index contributed by atoms with van der Waals surface area (Å²) in [5, 5.41) is 6.51. The van der Waals surface area contributed by atoms with Gasteiger partial charge in [0.1, 0.15) is 5.69 Å². The van der Waals surface area contributed by atoms with Gasteiger partial charge in [-0.05, 0) is 43.3 Å². The summed E-state index contributed by atoms with van der Waals surface area (Å²) in [6.45, 7) is 1.88. The first-order valence-electron chi connectivity index (χ1n) is 10.2. The van der Waals surface area contributed by atoms with Crippen molar-refractivity contribution in [2.45, 2.75) is 6.92 Å². The van der Waals surface area contributed by atoms with E-state index in [9.17, 15) is 4.79 Å². The minimum Gasteiger partial charge on any atom is -0.463 e. The molecular weight excluding hydrogens is 436 g/mol. The maximum absolute atomic E-state index is 13.3. The summed E-state index contributed by atoms with van der Waals surface area (Å²) in [6, 6.07) is 18.8. The lowest BCUT2D eigenvalue weighted by Crippen LogP contribution is -2.19. The van der Waals surface area contributed by atoms with Gasteiger partial charge in [0.15, 0.2) is 11.4 Å². The number of rotatable bonds is 5. The van der Waals surface area contributed by atoms with E-state index in [-0.39, 0.29) is 5.56 Å². The van der Waals surface area contributed by atoms with Gasteiger partial charge in [-0.25, -0.2) is 14.4 Å². The van der Waals surface area contributed by atoms with Crippen LogP contribution in [0.25, 0.3) is 17.1 Å². The van der Waals surface area contributed by atoms with Crippen LogP contribution in [-0.4, -0.2) is 25.2 Å². The first-order valence-corrected chi connectivity index (χ1v) is 11.1. The molecule has 5 aromatic rings. The van der Waals surface area contributed by atoms with Crippen molar-refractivity contribution in [1.29, 1.82) is 0 Å². The maximum atomic E-state index is 13.3. The molecule has 9 heteroatoms. The summed E-state index contributed by atoms with van der Waals surface area (Å²) in [7, 11) is 1.85. The van der Waals surface area contributed by atoms with Crippen LogP contribution in [0.1, 0.15) is 11.4 Å². The van der Waals surface area contributed by atoms with Crippen LogP contribution in [0.2, 0.25) is 0 Å². The van der Waals surface area contributed by atoms with E-state index in [1.165, 1.54) is 11.3 Å². The van der Waals surface area contributed by atoms with E-state index in [1.54, 1.807) is 32.7 Å². The number of para-hydroxylation sites is 1. The van der Waals surface area contributed by atoms with E-state index in [0.717, 1.165) is 17.1 Å². The third-order valence-electron chi connectivity index (χ3n) is 5.18. The molecule has 0 saturated heterocycles. The third kappa shape index (κ3) is 3.90. The van der Waals surface area contributed by atoms with E-state index < -0.39 is 0 Å². The van der Waals surface area contributed by atoms with Crippen LogP contribution in [0, 0.1) is 6.92 Å². The van der Waals surface area contributed by atoms with Gasteiger partial charge in [0.25, 0.3) is 5.56 Å². The first kappa shape index (κ1) is 20.7. The Labute approximate surface area is 193 Å². The van der Waals surface area contributed by atoms with Crippen LogP contribution in [0.5, 0.6) is 0 Å². The van der Waals surface area contributed by atoms with Gasteiger partial charge in [-0.2, -0.15) is 5.10 Å². The van der Waals surface area contributed by atoms with Crippen molar-refractivity contribution in [3.63, 3.8) is 0 Å². The molecule has 0 radical (unpaired) electrons. The van der Waals surface area contributed by atoms with Gasteiger partial charge < -0.3 is 4.42 Å². The van der Waals surface area contributed by atoms with Gasteiger partial charge in [0, 0.05) is 18.6 Å². The summed E-state index contributed by atoms with van der Waals surface area (Å²) in [6.07, 6.45) is 4.96. The molecule has 1 aromatic carbocycles. The lowest BCUT2D eigenvalue weighted by atomic mass is 10.3. The highest BCUT2D eigenvalue weighted by molar-refractivity contribution is 7.07. The maximum Gasteiger partial charge on any atom is 0.297 e. The van der Waals surface area contributed by atoms with Crippen molar-refractivity contribution < 1.29 is 4.42 Å². The lowest BCUT2D eigenvalue weighted by Gasteiger charge is -2.07. The van der Waals surface area contributed by atoms with Gasteiger partial charge in [-0.3, -0.25) is 14.5 Å². The fourth-order valence-corrected chi connectivity index (χ4v) is 4.25. The number of benzene rings is 1. The number of thiazole rings is 1. The Bertz CT molecular complexity index is 1540. The van der Waals surface area contributed by atoms with E-state index in [2.05, 4.69) is 10.1 Å². The minimum absolute atomic E-state index is 0.200. The predicted molar refractivity (Wildman–Crippen MR) is 128 cm³/mol. The molecule has 4 aromatic heterocycles. The molecule has 164 valence electrons. The quantitative estimate of drug-likeness (QED) is 0.373. The number of furan rings is 1. The van der Waals surface area contributed by atoms with E-state index >= 15 is 0 Å². The minimum atomic E-state index is -0.200. The molecule has 0 fully saturated rings. The lowest BCUT2D eigenvalue weighted by molar-refractivity contribution is 0.575. The molecule has 5 rings (SSSR count). The van der Waals surface area contributed by atoms with E-state index in [1.807, 2.05) is 80.0 Å². The van der Waals surface area contributed by atoms with E-state index in [4.69, 9.17) is 9.41 Å². The first-order chi connectivity index (χ1) is 16.1. The molecule has 0 aliphatic rings. The Kier molecular flexibility index (Phi) is 5.45. The average molecular weight is 457 g/mol. The Morgan fingerprint density at radius 1 is 1.06 bits per heavy atom. The molecule has 0 amide bonds. The molecular formula is C24H20N6O2S. The van der Waals surface area contributed by atoms with Crippen molar-refractivity contribution in [2.24, 2.45) is 17.1 Å². The zero-order valence-electron chi connectivity index (χ0n) is 18.0. The molecule has 4 heterocycles. The van der Waals surface area contributed by atoms with Crippen LogP contribution in [0.15, 0.2) is 97.8 Å². The molecule has 0 saturated carbocycles. The standard InChI is InChI=1S/C24H20N6O2S/c1-17-22(23(31)30(28(17)2)19-10-4-3-5-11-19)27-24-29(26-15-18-9-6-7-13-25-18)20(16-33-24)21-12-8-14-32-21/h3-16H,1-2H3. The Morgan fingerprint density at radius 3 is 2.61 bits per heavy atom. The summed E-state index contributed by atoms with van der Waals surface area (Å²) >= 11 is 1.38. The number of hydrogen-bond acceptors (Lipinski definition) is 6. The van der Waals surface area contributed by atoms with Crippen molar-refractivity contribution in [1.82, 2.24) is 19.0 Å². The Hall–Kier alpha value is -4.24. The second-order valence-corrected chi connectivity index (χ2v) is 8.05. The number of nitrogens with zero attached hydrogens (tertiary/aromatic N) is 6. The highest BCUT2D eigenvalue weighted by atomic mass is 32.1. The molecule has 0 bridgehead atoms. The van der Waals surface area contributed by atoms with E-state index in [0.29, 0.717) is 21.9 Å². The van der Waals surface area contributed by atoms with Crippen LogP contribution in [-0.2, 0) is 7.05 Å². The molecule has 0 unspecified atom stereocenters. The number of hydrogen-bond donors (Lipinski definition) is 0. The molecule has 0 aliphatic carbocycles. The smallest absolute Gasteiger partial charge is 0.297 e. The fourth-order valence-electron chi connectivity index (χ4n) is 3.43. The molecule has 0 aliphatic heterocycles. The highest BCUT2D eigenvalue weighted by Crippen LogP contribution is 2.22. The van der Waals surface area contributed by atoms with Crippen LogP contribution in [0.4, 0.5) is 5.69 Å². The molecule has 8 nitrogen and oxygen atoms in total. The topological polar surface area (TPSA) is 82.6 Å². The fraction of sp³-hybridized carbons (Fsp3) is 0.0833. The molecule has 33 heavy (non-hydrogen) atoms. The molecule has 0 atom stereocenters. The molecule has 0 N–H and O–H groups in total. The summed E-state index contributed by atoms with van der Waals surface area (Å²) in [5.74, 6) is 0.650. The van der Waals surface area contributed by atoms with Crippen LogP contribution in [0.3, 0.4) is 0 Å². The van der Waals surface area contributed by atoms with Crippen LogP contribution < -0.4 is 10.4 Å². The second-order valence-electron chi connectivity index (χ2n) is 7.21. The van der Waals surface area contributed by atoms with Crippen molar-refractivity contribution >= 4 is 23.2 Å². The van der Waals surface area contributed by atoms with Gasteiger partial charge in [0.05, 0.1) is 29.6 Å². The summed E-state index contributed by atoms with van der Waals surface area (Å²) in [4.78, 5) is 22.9. The van der Waals surface area contributed by atoms with Gasteiger partial charge in [0.2, 0.25) is 4.80 Å². The van der Waals surface area contributed by atoms with Gasteiger partial charge in [-0.1, -0.05) is 24.3 Å². The van der Waals surface area contributed by atoms with Gasteiger partial charge in [-0.15, -0.1) is 11.3 Å². The Morgan fingerprint density at radius 2 is 1.88 bits per heavy atom. The van der Waals surface area contributed by atoms with Gasteiger partial charge >= 0.3 is 0 Å². The average Bonchev–Trinajstić information content (AvgIpc) is 3.56. The zero-order valence-corrected chi connectivity index (χ0v) is 18.8. The largest absolute Gasteiger partial charge is 0.463 e. The van der Waals surface area contributed by atoms with Crippen molar-refractivity contribution in [3.8, 4) is 17.1 Å². The second kappa shape index (κ2) is 8.71. The molecule has 0 spiro atoms. The highest BCUT2D eigenvalue weighted by Gasteiger charge is 2.17. The third-order valence-corrected chi connectivity index (χ3v) is 6.00. The SMILES string of the molecule is Cc1c(N=c2scc(-c3ccco3)n2N=Cc2ccccn2)c(=O)n(-c2ccccc2)n1C. The van der Waals surface area contributed by atoms with Crippen molar-refractivity contribution in [2.75, 3.05) is 0 Å². The summed E-state index contributed by atoms with van der Waals surface area (Å²) < 4.78 is 10.7. The number of aromatic nitrogens is 4. The van der Waals surface area contributed by atoms with Crippen LogP contribution >= 0.6 is 11.3 Å². The predicted octanol–water partition coefficient (Wildman–Crippen LogP) is 4.12. The monoisotopic (exact) mass is 456 g/mol. The normalized spacial score (nSPS) is 12.1. The Balaban J connectivity index is 1.69. The van der Waals surface area contributed by atoms with Crippen molar-refractivity contribution in [3.05, 3.63) is 105 Å². The zero-order chi connectivity index (χ0) is 22.8. The summed E-state index contributed by atoms with van der Waals surface area (Å²) in [5.41, 5.74) is 3.11.